The lowest BCUT2D eigenvalue weighted by Crippen LogP contribution is -2.20. The maximum absolute atomic E-state index is 11.8. The molecule has 1 aromatic carbocycles. The molecule has 0 radical (unpaired) electrons. The molecule has 6 nitrogen and oxygen atoms in total. The van der Waals surface area contributed by atoms with Gasteiger partial charge in [-0.1, -0.05) is 13.0 Å². The van der Waals surface area contributed by atoms with E-state index in [1.807, 2.05) is 6.92 Å². The molecule has 1 aliphatic heterocycles. The maximum atomic E-state index is 11.8. The zero-order valence-electron chi connectivity index (χ0n) is 10.00. The number of anilines is 1. The number of hydrogen-bond acceptors (Lipinski definition) is 4. The fraction of sp³-hybridized carbons (Fsp3) is 0.273. The third-order valence-corrected chi connectivity index (χ3v) is 4.68. The maximum Gasteiger partial charge on any atom is 0.295 e. The molecule has 1 heterocycles. The van der Waals surface area contributed by atoms with E-state index < -0.39 is 10.1 Å². The molecule has 0 bridgehead atoms. The van der Waals surface area contributed by atoms with Crippen molar-refractivity contribution < 1.29 is 17.8 Å². The first-order chi connectivity index (χ1) is 8.84. The minimum Gasteiger partial charge on any atom is -0.282 e. The summed E-state index contributed by atoms with van der Waals surface area (Å²) in [6.45, 7) is 1.89. The van der Waals surface area contributed by atoms with Gasteiger partial charge in [0.05, 0.1) is 16.6 Å². The van der Waals surface area contributed by atoms with E-state index in [2.05, 4.69) is 21.0 Å². The van der Waals surface area contributed by atoms with E-state index >= 15 is 0 Å². The molecule has 0 saturated heterocycles. The third-order valence-electron chi connectivity index (χ3n) is 2.69. The molecule has 0 unspecified atom stereocenters. The number of benzene rings is 1. The highest BCUT2D eigenvalue weighted by molar-refractivity contribution is 9.10. The van der Waals surface area contributed by atoms with Gasteiger partial charge in [-0.2, -0.15) is 18.5 Å². The van der Waals surface area contributed by atoms with Gasteiger partial charge in [-0.3, -0.25) is 9.35 Å². The fourth-order valence-electron chi connectivity index (χ4n) is 1.73. The second-order valence-electron chi connectivity index (χ2n) is 3.97. The summed E-state index contributed by atoms with van der Waals surface area (Å²) in [6, 6.07) is 4.24. The minimum absolute atomic E-state index is 0.118. The van der Waals surface area contributed by atoms with Crippen molar-refractivity contribution in [2.75, 3.05) is 5.01 Å². The van der Waals surface area contributed by atoms with Gasteiger partial charge in [0, 0.05) is 5.71 Å². The van der Waals surface area contributed by atoms with Crippen LogP contribution in [0.15, 0.2) is 32.7 Å². The molecule has 0 atom stereocenters. The lowest BCUT2D eigenvalue weighted by molar-refractivity contribution is -0.116. The van der Waals surface area contributed by atoms with Crippen LogP contribution in [0, 0.1) is 0 Å². The van der Waals surface area contributed by atoms with Gasteiger partial charge in [-0.15, -0.1) is 0 Å². The first kappa shape index (κ1) is 14.2. The van der Waals surface area contributed by atoms with Crippen LogP contribution in [0.5, 0.6) is 0 Å². The highest BCUT2D eigenvalue weighted by Crippen LogP contribution is 2.34. The highest BCUT2D eigenvalue weighted by atomic mass is 79.9. The van der Waals surface area contributed by atoms with E-state index in [0.717, 1.165) is 10.7 Å². The van der Waals surface area contributed by atoms with Gasteiger partial charge < -0.3 is 0 Å². The average molecular weight is 347 g/mol. The lowest BCUT2D eigenvalue weighted by Gasteiger charge is -2.15. The molecule has 1 aliphatic rings. The van der Waals surface area contributed by atoms with Gasteiger partial charge in [-0.25, -0.2) is 0 Å². The zero-order chi connectivity index (χ0) is 14.2. The predicted octanol–water partition coefficient (Wildman–Crippen LogP) is 2.20. The van der Waals surface area contributed by atoms with Crippen LogP contribution in [0.25, 0.3) is 0 Å². The van der Waals surface area contributed by atoms with Crippen molar-refractivity contribution >= 4 is 43.4 Å². The predicted molar refractivity (Wildman–Crippen MR) is 73.8 cm³/mol. The standard InChI is InChI=1S/C11H11BrN2O4S/c1-2-7-6-10(15)14(13-7)8-4-3-5-9(11(8)12)19(16,17)18/h3-5H,2,6H2,1H3,(H,16,17,18). The van der Waals surface area contributed by atoms with Crippen LogP contribution in [0.1, 0.15) is 19.8 Å². The van der Waals surface area contributed by atoms with Crippen molar-refractivity contribution in [3.8, 4) is 0 Å². The fourth-order valence-corrected chi connectivity index (χ4v) is 3.36. The molecule has 0 saturated carbocycles. The van der Waals surface area contributed by atoms with E-state index in [4.69, 9.17) is 4.55 Å². The summed E-state index contributed by atoms with van der Waals surface area (Å²) in [5, 5.41) is 5.29. The molecular formula is C11H11BrN2O4S. The van der Waals surface area contributed by atoms with Gasteiger partial charge in [0.15, 0.2) is 0 Å². The number of nitrogens with zero attached hydrogens (tertiary/aromatic N) is 2. The highest BCUT2D eigenvalue weighted by Gasteiger charge is 2.28. The number of hydrogen-bond donors (Lipinski definition) is 1. The van der Waals surface area contributed by atoms with E-state index in [1.54, 1.807) is 6.07 Å². The van der Waals surface area contributed by atoms with Crippen molar-refractivity contribution in [3.63, 3.8) is 0 Å². The van der Waals surface area contributed by atoms with Crippen molar-refractivity contribution in [2.24, 2.45) is 5.10 Å². The summed E-state index contributed by atoms with van der Waals surface area (Å²) in [5.41, 5.74) is 1.03. The molecule has 0 spiro atoms. The van der Waals surface area contributed by atoms with Crippen LogP contribution in [-0.4, -0.2) is 24.6 Å². The van der Waals surface area contributed by atoms with Crippen LogP contribution >= 0.6 is 15.9 Å². The van der Waals surface area contributed by atoms with Crippen molar-refractivity contribution in [1.82, 2.24) is 0 Å². The van der Waals surface area contributed by atoms with E-state index in [0.29, 0.717) is 12.1 Å². The Hall–Kier alpha value is -1.25. The van der Waals surface area contributed by atoms with E-state index in [-0.39, 0.29) is 21.7 Å². The number of rotatable bonds is 3. The van der Waals surface area contributed by atoms with Gasteiger partial charge in [0.2, 0.25) is 0 Å². The van der Waals surface area contributed by atoms with Crippen molar-refractivity contribution in [3.05, 3.63) is 22.7 Å². The van der Waals surface area contributed by atoms with Gasteiger partial charge in [-0.05, 0) is 34.5 Å². The average Bonchev–Trinajstić information content (AvgIpc) is 2.69. The normalized spacial score (nSPS) is 15.8. The Morgan fingerprint density at radius 3 is 2.68 bits per heavy atom. The van der Waals surface area contributed by atoms with Crippen molar-refractivity contribution in [1.29, 1.82) is 0 Å². The molecule has 102 valence electrons. The third kappa shape index (κ3) is 2.70. The Bertz CT molecular complexity index is 669. The number of halogens is 1. The number of carbonyl (C=O) groups excluding carboxylic acids is 1. The number of carbonyl (C=O) groups is 1. The van der Waals surface area contributed by atoms with Crippen LogP contribution in [0.3, 0.4) is 0 Å². The van der Waals surface area contributed by atoms with Crippen LogP contribution in [0.2, 0.25) is 0 Å². The lowest BCUT2D eigenvalue weighted by atomic mass is 10.2. The van der Waals surface area contributed by atoms with Crippen LogP contribution in [-0.2, 0) is 14.9 Å². The zero-order valence-corrected chi connectivity index (χ0v) is 12.4. The first-order valence-corrected chi connectivity index (χ1v) is 7.73. The molecule has 0 aromatic heterocycles. The Kier molecular flexibility index (Phi) is 3.75. The monoisotopic (exact) mass is 346 g/mol. The topological polar surface area (TPSA) is 87.0 Å². The second kappa shape index (κ2) is 5.03. The van der Waals surface area contributed by atoms with E-state index in [9.17, 15) is 13.2 Å². The van der Waals surface area contributed by atoms with Gasteiger partial charge in [0.1, 0.15) is 4.90 Å². The number of amides is 1. The minimum atomic E-state index is -4.36. The first-order valence-electron chi connectivity index (χ1n) is 5.50. The Labute approximate surface area is 119 Å². The SMILES string of the molecule is CCC1=NN(c2cccc(S(=O)(=O)O)c2Br)C(=O)C1. The molecule has 0 fully saturated rings. The van der Waals surface area contributed by atoms with Crippen molar-refractivity contribution in [2.45, 2.75) is 24.7 Å². The summed E-state index contributed by atoms with van der Waals surface area (Å²) >= 11 is 3.09. The largest absolute Gasteiger partial charge is 0.295 e. The van der Waals surface area contributed by atoms with Crippen LogP contribution in [0.4, 0.5) is 5.69 Å². The number of hydrazone groups is 1. The quantitative estimate of drug-likeness (QED) is 0.849. The molecule has 2 rings (SSSR count). The molecule has 0 aliphatic carbocycles. The van der Waals surface area contributed by atoms with Gasteiger partial charge in [0.25, 0.3) is 16.0 Å². The Morgan fingerprint density at radius 1 is 1.47 bits per heavy atom. The molecule has 1 aromatic rings. The Balaban J connectivity index is 2.53. The smallest absolute Gasteiger partial charge is 0.282 e. The molecular weight excluding hydrogens is 336 g/mol. The summed E-state index contributed by atoms with van der Waals surface area (Å²) in [6.07, 6.45) is 0.872. The summed E-state index contributed by atoms with van der Waals surface area (Å²) < 4.78 is 31.6. The molecule has 8 heteroatoms. The summed E-state index contributed by atoms with van der Waals surface area (Å²) in [4.78, 5) is 11.5. The van der Waals surface area contributed by atoms with Crippen LogP contribution < -0.4 is 5.01 Å². The molecule has 1 N–H and O–H groups in total. The second-order valence-corrected chi connectivity index (χ2v) is 6.15. The molecule has 19 heavy (non-hydrogen) atoms. The van der Waals surface area contributed by atoms with Gasteiger partial charge >= 0.3 is 0 Å². The summed E-state index contributed by atoms with van der Waals surface area (Å²) in [5.74, 6) is -0.231. The Morgan fingerprint density at radius 2 is 2.16 bits per heavy atom. The summed E-state index contributed by atoms with van der Waals surface area (Å²) in [7, 11) is -4.36. The van der Waals surface area contributed by atoms with E-state index in [1.165, 1.54) is 12.1 Å². The molecule has 1 amide bonds.